The van der Waals surface area contributed by atoms with Crippen molar-refractivity contribution in [2.45, 2.75) is 32.6 Å². The number of thiocarbonyl (C=S) groups is 1. The Balaban J connectivity index is 1.38. The Kier molecular flexibility index (Phi) is 9.14. The molecule has 32 heavy (non-hydrogen) atoms. The van der Waals surface area contributed by atoms with Crippen LogP contribution in [-0.4, -0.2) is 34.2 Å². The lowest BCUT2D eigenvalue weighted by atomic mass is 10.1. The molecule has 5 nitrogen and oxygen atoms in total. The van der Waals surface area contributed by atoms with E-state index in [2.05, 4.69) is 5.32 Å². The highest BCUT2D eigenvalue weighted by molar-refractivity contribution is 8.26. The van der Waals surface area contributed by atoms with Crippen molar-refractivity contribution >= 4 is 63.5 Å². The van der Waals surface area contributed by atoms with Crippen LogP contribution in [-0.2, 0) is 9.59 Å². The van der Waals surface area contributed by atoms with Crippen molar-refractivity contribution in [2.24, 2.45) is 0 Å². The topological polar surface area (TPSA) is 58.6 Å². The van der Waals surface area contributed by atoms with Gasteiger partial charge >= 0.3 is 0 Å². The van der Waals surface area contributed by atoms with Gasteiger partial charge in [0, 0.05) is 23.7 Å². The van der Waals surface area contributed by atoms with Crippen LogP contribution >= 0.6 is 35.6 Å². The standard InChI is InChI=1S/C24H25ClN2O3S2/c1-2-30-20-13-11-19(12-14-20)26-22(28)6-4-3-5-15-27-23(29)21(32-24(27)31)16-17-7-9-18(25)10-8-17/h7-14,16H,2-6,15H2,1H3,(H,26,28)/b21-16-. The number of carbonyl (C=O) groups is 2. The van der Waals surface area contributed by atoms with Gasteiger partial charge in [-0.05, 0) is 67.8 Å². The maximum atomic E-state index is 12.7. The summed E-state index contributed by atoms with van der Waals surface area (Å²) in [5.41, 5.74) is 1.66. The van der Waals surface area contributed by atoms with Gasteiger partial charge in [-0.1, -0.05) is 54.1 Å². The van der Waals surface area contributed by atoms with Crippen molar-refractivity contribution in [2.75, 3.05) is 18.5 Å². The van der Waals surface area contributed by atoms with Gasteiger partial charge in [-0.25, -0.2) is 0 Å². The lowest BCUT2D eigenvalue weighted by Gasteiger charge is -2.14. The molecule has 1 fully saturated rings. The number of benzene rings is 2. The molecule has 2 aromatic rings. The Hall–Kier alpha value is -2.35. The number of nitrogens with zero attached hydrogens (tertiary/aromatic N) is 1. The minimum Gasteiger partial charge on any atom is -0.494 e. The summed E-state index contributed by atoms with van der Waals surface area (Å²) >= 11 is 12.6. The molecule has 8 heteroatoms. The summed E-state index contributed by atoms with van der Waals surface area (Å²) in [6.07, 6.45) is 4.64. The molecule has 2 aromatic carbocycles. The van der Waals surface area contributed by atoms with Crippen molar-refractivity contribution in [1.82, 2.24) is 4.90 Å². The fourth-order valence-corrected chi connectivity index (χ4v) is 4.59. The van der Waals surface area contributed by atoms with Gasteiger partial charge in [-0.15, -0.1) is 0 Å². The first-order valence-corrected chi connectivity index (χ1v) is 12.1. The average Bonchev–Trinajstić information content (AvgIpc) is 3.04. The number of anilines is 1. The molecular formula is C24H25ClN2O3S2. The number of ether oxygens (including phenoxy) is 1. The molecule has 0 unspecified atom stereocenters. The number of thioether (sulfide) groups is 1. The summed E-state index contributed by atoms with van der Waals surface area (Å²) in [5, 5.41) is 3.55. The van der Waals surface area contributed by atoms with E-state index in [9.17, 15) is 9.59 Å². The predicted octanol–water partition coefficient (Wildman–Crippen LogP) is 6.14. The van der Waals surface area contributed by atoms with Gasteiger partial charge in [0.15, 0.2) is 0 Å². The number of nitrogens with one attached hydrogen (secondary N) is 1. The number of unbranched alkanes of at least 4 members (excludes halogenated alkanes) is 2. The predicted molar refractivity (Wildman–Crippen MR) is 136 cm³/mol. The summed E-state index contributed by atoms with van der Waals surface area (Å²) in [5.74, 6) is 0.693. The molecule has 0 saturated carbocycles. The number of carbonyl (C=O) groups excluding carboxylic acids is 2. The van der Waals surface area contributed by atoms with E-state index in [1.807, 2.05) is 49.4 Å². The van der Waals surface area contributed by atoms with Crippen LogP contribution in [0.1, 0.15) is 38.2 Å². The van der Waals surface area contributed by atoms with Crippen LogP contribution in [0, 0.1) is 0 Å². The van der Waals surface area contributed by atoms with Crippen molar-refractivity contribution in [3.63, 3.8) is 0 Å². The van der Waals surface area contributed by atoms with Crippen molar-refractivity contribution < 1.29 is 14.3 Å². The smallest absolute Gasteiger partial charge is 0.266 e. The molecule has 1 aliphatic heterocycles. The second kappa shape index (κ2) is 12.0. The molecule has 1 N–H and O–H groups in total. The molecule has 1 saturated heterocycles. The van der Waals surface area contributed by atoms with E-state index < -0.39 is 0 Å². The third-order valence-electron chi connectivity index (χ3n) is 4.78. The van der Waals surface area contributed by atoms with E-state index in [0.29, 0.717) is 33.8 Å². The van der Waals surface area contributed by atoms with E-state index in [4.69, 9.17) is 28.6 Å². The molecule has 0 radical (unpaired) electrons. The largest absolute Gasteiger partial charge is 0.494 e. The Labute approximate surface area is 203 Å². The van der Waals surface area contributed by atoms with E-state index in [0.717, 1.165) is 36.3 Å². The van der Waals surface area contributed by atoms with E-state index in [-0.39, 0.29) is 11.8 Å². The van der Waals surface area contributed by atoms with E-state index in [1.54, 1.807) is 17.0 Å². The summed E-state index contributed by atoms with van der Waals surface area (Å²) < 4.78 is 5.97. The third-order valence-corrected chi connectivity index (χ3v) is 6.41. The fraction of sp³-hybridized carbons (Fsp3) is 0.292. The third kappa shape index (κ3) is 7.08. The Morgan fingerprint density at radius 2 is 1.84 bits per heavy atom. The summed E-state index contributed by atoms with van der Waals surface area (Å²) in [6, 6.07) is 14.7. The number of halogens is 1. The van der Waals surface area contributed by atoms with Gasteiger partial charge in [0.05, 0.1) is 11.5 Å². The van der Waals surface area contributed by atoms with Gasteiger partial charge in [0.1, 0.15) is 10.1 Å². The van der Waals surface area contributed by atoms with Gasteiger partial charge < -0.3 is 10.1 Å². The van der Waals surface area contributed by atoms with Gasteiger partial charge in [-0.2, -0.15) is 0 Å². The van der Waals surface area contributed by atoms with Crippen LogP contribution in [0.4, 0.5) is 5.69 Å². The first-order valence-electron chi connectivity index (χ1n) is 10.5. The zero-order chi connectivity index (χ0) is 22.9. The van der Waals surface area contributed by atoms with Crippen molar-refractivity contribution in [1.29, 1.82) is 0 Å². The molecule has 1 heterocycles. The van der Waals surface area contributed by atoms with Crippen LogP contribution in [0.25, 0.3) is 6.08 Å². The maximum absolute atomic E-state index is 12.7. The molecule has 0 aromatic heterocycles. The molecule has 0 aliphatic carbocycles. The van der Waals surface area contributed by atoms with Gasteiger partial charge in [0.25, 0.3) is 5.91 Å². The van der Waals surface area contributed by atoms with Crippen molar-refractivity contribution in [3.8, 4) is 5.75 Å². The molecular weight excluding hydrogens is 464 g/mol. The first kappa shape index (κ1) is 24.3. The lowest BCUT2D eigenvalue weighted by molar-refractivity contribution is -0.122. The SMILES string of the molecule is CCOc1ccc(NC(=O)CCCCCN2C(=O)/C(=C/c3ccc(Cl)cc3)SC2=S)cc1. The molecule has 0 bridgehead atoms. The number of amides is 2. The molecule has 3 rings (SSSR count). The van der Waals surface area contributed by atoms with Crippen LogP contribution in [0.2, 0.25) is 5.02 Å². The van der Waals surface area contributed by atoms with Crippen LogP contribution in [0.3, 0.4) is 0 Å². The average molecular weight is 489 g/mol. The molecule has 0 atom stereocenters. The second-order valence-corrected chi connectivity index (χ2v) is 9.31. The minimum absolute atomic E-state index is 0.0225. The number of hydrogen-bond donors (Lipinski definition) is 1. The minimum atomic E-state index is -0.0665. The Morgan fingerprint density at radius 1 is 1.12 bits per heavy atom. The normalized spacial score (nSPS) is 14.8. The van der Waals surface area contributed by atoms with E-state index in [1.165, 1.54) is 11.8 Å². The highest BCUT2D eigenvalue weighted by atomic mass is 35.5. The quantitative estimate of drug-likeness (QED) is 0.247. The molecule has 168 valence electrons. The number of hydrogen-bond acceptors (Lipinski definition) is 5. The zero-order valence-corrected chi connectivity index (χ0v) is 20.2. The molecule has 2 amide bonds. The second-order valence-electron chi connectivity index (χ2n) is 7.20. The monoisotopic (exact) mass is 488 g/mol. The summed E-state index contributed by atoms with van der Waals surface area (Å²) in [7, 11) is 0. The number of rotatable bonds is 10. The zero-order valence-electron chi connectivity index (χ0n) is 17.8. The highest BCUT2D eigenvalue weighted by Crippen LogP contribution is 2.33. The summed E-state index contributed by atoms with van der Waals surface area (Å²) in [4.78, 5) is 27.1. The fourth-order valence-electron chi connectivity index (χ4n) is 3.16. The Morgan fingerprint density at radius 3 is 2.53 bits per heavy atom. The lowest BCUT2D eigenvalue weighted by Crippen LogP contribution is -2.29. The highest BCUT2D eigenvalue weighted by Gasteiger charge is 2.31. The Bertz CT molecular complexity index is 991. The summed E-state index contributed by atoms with van der Waals surface area (Å²) in [6.45, 7) is 3.10. The maximum Gasteiger partial charge on any atom is 0.266 e. The van der Waals surface area contributed by atoms with Crippen LogP contribution in [0.15, 0.2) is 53.4 Å². The van der Waals surface area contributed by atoms with Crippen LogP contribution < -0.4 is 10.1 Å². The van der Waals surface area contributed by atoms with Crippen molar-refractivity contribution in [3.05, 3.63) is 64.0 Å². The molecule has 1 aliphatic rings. The van der Waals surface area contributed by atoms with Crippen LogP contribution in [0.5, 0.6) is 5.75 Å². The van der Waals surface area contributed by atoms with Gasteiger partial charge in [0.2, 0.25) is 5.91 Å². The first-order chi connectivity index (χ1) is 15.5. The van der Waals surface area contributed by atoms with E-state index >= 15 is 0 Å². The molecule has 0 spiro atoms. The van der Waals surface area contributed by atoms with Gasteiger partial charge in [-0.3, -0.25) is 14.5 Å².